The molecule has 1 aromatic carbocycles. The number of benzene rings is 1. The van der Waals surface area contributed by atoms with Gasteiger partial charge >= 0.3 is 0 Å². The van der Waals surface area contributed by atoms with Gasteiger partial charge in [0.15, 0.2) is 11.6 Å². The third-order valence-corrected chi connectivity index (χ3v) is 5.15. The number of fused-ring (bicyclic) bond motifs is 1. The van der Waals surface area contributed by atoms with Crippen LogP contribution in [0.1, 0.15) is 12.5 Å². The van der Waals surface area contributed by atoms with E-state index >= 15 is 0 Å². The van der Waals surface area contributed by atoms with Crippen LogP contribution in [0.4, 0.5) is 21.7 Å². The summed E-state index contributed by atoms with van der Waals surface area (Å²) in [6.45, 7) is 7.91. The lowest BCUT2D eigenvalue weighted by molar-refractivity contribution is -0.111. The minimum absolute atomic E-state index is 0.0160. The van der Waals surface area contributed by atoms with Gasteiger partial charge in [-0.25, -0.2) is 9.37 Å². The van der Waals surface area contributed by atoms with Crippen LogP contribution < -0.4 is 10.6 Å². The van der Waals surface area contributed by atoms with Crippen molar-refractivity contribution >= 4 is 34.1 Å². The summed E-state index contributed by atoms with van der Waals surface area (Å²) in [5, 5.41) is 10.9. The highest BCUT2D eigenvalue weighted by molar-refractivity contribution is 6.00. The number of rotatable bonds is 8. The standard InChI is InChI=1S/C23H24FN7O2/c1-5-21(32)27-16-6-7-20-18(8-16)14(2)11-31(20)22-19(24)10-25-23(29-22)28-17-9-26-30(13-17)12-15(3)33-4/h5-11,13,15H,1,12H2,2-4H3,(H,27,32)(H,25,28,29)/t15-/m1/s1. The van der Waals surface area contributed by atoms with E-state index in [1.165, 1.54) is 6.08 Å². The molecule has 0 aliphatic heterocycles. The first-order valence-electron chi connectivity index (χ1n) is 10.3. The quantitative estimate of drug-likeness (QED) is 0.395. The molecule has 3 aromatic heterocycles. The number of carbonyl (C=O) groups excluding carboxylic acids is 1. The summed E-state index contributed by atoms with van der Waals surface area (Å²) in [6, 6.07) is 5.38. The predicted molar refractivity (Wildman–Crippen MR) is 124 cm³/mol. The van der Waals surface area contributed by atoms with E-state index in [0.29, 0.717) is 17.9 Å². The molecule has 4 rings (SSSR count). The molecule has 0 aliphatic carbocycles. The van der Waals surface area contributed by atoms with Gasteiger partial charge in [0, 0.05) is 30.6 Å². The fraction of sp³-hybridized carbons (Fsp3) is 0.217. The van der Waals surface area contributed by atoms with Crippen LogP contribution in [0.2, 0.25) is 0 Å². The normalized spacial score (nSPS) is 12.0. The summed E-state index contributed by atoms with van der Waals surface area (Å²) in [5.41, 5.74) is 2.94. The molecule has 0 radical (unpaired) electrons. The van der Waals surface area contributed by atoms with Gasteiger partial charge < -0.3 is 15.4 Å². The Bertz CT molecular complexity index is 1330. The molecule has 2 N–H and O–H groups in total. The van der Waals surface area contributed by atoms with Crippen LogP contribution in [0.25, 0.3) is 16.7 Å². The van der Waals surface area contributed by atoms with Gasteiger partial charge in [0.2, 0.25) is 11.9 Å². The second kappa shape index (κ2) is 9.21. The lowest BCUT2D eigenvalue weighted by Crippen LogP contribution is -2.14. The monoisotopic (exact) mass is 449 g/mol. The van der Waals surface area contributed by atoms with Crippen molar-refractivity contribution in [2.24, 2.45) is 0 Å². The molecule has 0 aliphatic rings. The maximum Gasteiger partial charge on any atom is 0.247 e. The molecule has 9 nitrogen and oxygen atoms in total. The number of aromatic nitrogens is 5. The Morgan fingerprint density at radius 1 is 1.30 bits per heavy atom. The Morgan fingerprint density at radius 2 is 2.12 bits per heavy atom. The topological polar surface area (TPSA) is 98.9 Å². The third-order valence-electron chi connectivity index (χ3n) is 5.15. The lowest BCUT2D eigenvalue weighted by Gasteiger charge is -2.09. The zero-order valence-corrected chi connectivity index (χ0v) is 18.5. The van der Waals surface area contributed by atoms with Gasteiger partial charge in [-0.1, -0.05) is 6.58 Å². The number of hydrogen-bond acceptors (Lipinski definition) is 6. The van der Waals surface area contributed by atoms with Crippen LogP contribution in [0.5, 0.6) is 0 Å². The lowest BCUT2D eigenvalue weighted by atomic mass is 10.2. The smallest absolute Gasteiger partial charge is 0.247 e. The molecule has 33 heavy (non-hydrogen) atoms. The van der Waals surface area contributed by atoms with Crippen molar-refractivity contribution in [3.8, 4) is 5.82 Å². The summed E-state index contributed by atoms with van der Waals surface area (Å²) >= 11 is 0. The van der Waals surface area contributed by atoms with Crippen molar-refractivity contribution in [3.63, 3.8) is 0 Å². The number of nitrogens with one attached hydrogen (secondary N) is 2. The molecule has 0 saturated heterocycles. The number of halogens is 1. The summed E-state index contributed by atoms with van der Waals surface area (Å²) < 4.78 is 23.4. The average Bonchev–Trinajstić information content (AvgIpc) is 3.38. The van der Waals surface area contributed by atoms with Gasteiger partial charge in [-0.3, -0.25) is 14.0 Å². The molecule has 4 aromatic rings. The van der Waals surface area contributed by atoms with Crippen LogP contribution in [0, 0.1) is 12.7 Å². The first-order valence-corrected chi connectivity index (χ1v) is 10.3. The fourth-order valence-corrected chi connectivity index (χ4v) is 3.42. The van der Waals surface area contributed by atoms with Gasteiger partial charge in [-0.05, 0) is 43.7 Å². The van der Waals surface area contributed by atoms with Crippen LogP contribution in [-0.4, -0.2) is 43.4 Å². The molecule has 1 atom stereocenters. The molecule has 0 saturated carbocycles. The SMILES string of the molecule is C=CC(=O)Nc1ccc2c(c1)c(C)cn2-c1nc(Nc2cnn(C[C@@H](C)OC)c2)ncc1F. The third kappa shape index (κ3) is 4.75. The molecular formula is C23H24FN7O2. The highest BCUT2D eigenvalue weighted by Gasteiger charge is 2.15. The first kappa shape index (κ1) is 22.2. The molecule has 0 fully saturated rings. The zero-order valence-electron chi connectivity index (χ0n) is 18.5. The zero-order chi connectivity index (χ0) is 23.5. The van der Waals surface area contributed by atoms with E-state index in [4.69, 9.17) is 4.74 Å². The van der Waals surface area contributed by atoms with E-state index in [1.807, 2.05) is 19.9 Å². The second-order valence-corrected chi connectivity index (χ2v) is 7.59. The van der Waals surface area contributed by atoms with Crippen molar-refractivity contribution in [1.29, 1.82) is 0 Å². The first-order chi connectivity index (χ1) is 15.9. The predicted octanol–water partition coefficient (Wildman–Crippen LogP) is 3.97. The van der Waals surface area contributed by atoms with Crippen molar-refractivity contribution in [1.82, 2.24) is 24.3 Å². The fourth-order valence-electron chi connectivity index (χ4n) is 3.42. The number of amides is 1. The molecule has 1 amide bonds. The Labute approximate surface area is 189 Å². The van der Waals surface area contributed by atoms with E-state index in [9.17, 15) is 9.18 Å². The number of aryl methyl sites for hydroxylation is 1. The highest BCUT2D eigenvalue weighted by Crippen LogP contribution is 2.28. The average molecular weight is 449 g/mol. The van der Waals surface area contributed by atoms with Crippen molar-refractivity contribution in [3.05, 3.63) is 67.0 Å². The minimum Gasteiger partial charge on any atom is -0.380 e. The molecule has 0 spiro atoms. The number of methoxy groups -OCH3 is 1. The van der Waals surface area contributed by atoms with Crippen LogP contribution in [0.3, 0.4) is 0 Å². The van der Waals surface area contributed by atoms with Gasteiger partial charge in [0.1, 0.15) is 0 Å². The van der Waals surface area contributed by atoms with E-state index in [-0.39, 0.29) is 23.8 Å². The summed E-state index contributed by atoms with van der Waals surface area (Å²) in [5.74, 6) is -0.524. The number of anilines is 3. The Kier molecular flexibility index (Phi) is 6.18. The van der Waals surface area contributed by atoms with E-state index < -0.39 is 5.82 Å². The van der Waals surface area contributed by atoms with Crippen molar-refractivity contribution < 1.29 is 13.9 Å². The summed E-state index contributed by atoms with van der Waals surface area (Å²) in [7, 11) is 1.64. The number of carbonyl (C=O) groups is 1. The molecule has 0 bridgehead atoms. The molecular weight excluding hydrogens is 425 g/mol. The largest absolute Gasteiger partial charge is 0.380 e. The van der Waals surface area contributed by atoms with E-state index in [1.54, 1.807) is 47.1 Å². The second-order valence-electron chi connectivity index (χ2n) is 7.59. The highest BCUT2D eigenvalue weighted by atomic mass is 19.1. The Morgan fingerprint density at radius 3 is 2.88 bits per heavy atom. The summed E-state index contributed by atoms with van der Waals surface area (Å²) in [6.07, 6.45) is 7.58. The Balaban J connectivity index is 1.64. The van der Waals surface area contributed by atoms with Gasteiger partial charge in [-0.2, -0.15) is 10.1 Å². The molecule has 10 heteroatoms. The van der Waals surface area contributed by atoms with Crippen molar-refractivity contribution in [2.45, 2.75) is 26.5 Å². The molecule has 170 valence electrons. The van der Waals surface area contributed by atoms with Crippen molar-refractivity contribution in [2.75, 3.05) is 17.7 Å². The van der Waals surface area contributed by atoms with Crippen LogP contribution >= 0.6 is 0 Å². The maximum absolute atomic E-state index is 14.7. The summed E-state index contributed by atoms with van der Waals surface area (Å²) in [4.78, 5) is 20.1. The maximum atomic E-state index is 14.7. The van der Waals surface area contributed by atoms with Gasteiger partial charge in [0.05, 0.1) is 36.2 Å². The number of nitrogens with zero attached hydrogens (tertiary/aromatic N) is 5. The van der Waals surface area contributed by atoms with Gasteiger partial charge in [-0.15, -0.1) is 0 Å². The van der Waals surface area contributed by atoms with Crippen LogP contribution in [0.15, 0.2) is 55.6 Å². The van der Waals surface area contributed by atoms with Gasteiger partial charge in [0.25, 0.3) is 0 Å². The molecule has 0 unspecified atom stereocenters. The van der Waals surface area contributed by atoms with E-state index in [2.05, 4.69) is 32.3 Å². The Hall–Kier alpha value is -4.05. The number of hydrogen-bond donors (Lipinski definition) is 2. The van der Waals surface area contributed by atoms with E-state index in [0.717, 1.165) is 22.7 Å². The number of ether oxygens (including phenoxy) is 1. The van der Waals surface area contributed by atoms with Crippen LogP contribution in [-0.2, 0) is 16.1 Å². The molecule has 3 heterocycles. The minimum atomic E-state index is -0.564.